The van der Waals surface area contributed by atoms with Crippen LogP contribution in [0.1, 0.15) is 37.1 Å². The fraction of sp³-hybridized carbons (Fsp3) is 0.250. The number of rotatable bonds is 9. The number of aromatic amines is 2. The van der Waals surface area contributed by atoms with Crippen molar-refractivity contribution in [1.29, 1.82) is 0 Å². The second kappa shape index (κ2) is 9.18. The number of nitrogens with one attached hydrogen (secondary N) is 2. The van der Waals surface area contributed by atoms with Crippen LogP contribution >= 0.6 is 0 Å². The Labute approximate surface area is 166 Å². The molecule has 0 amide bonds. The van der Waals surface area contributed by atoms with Crippen LogP contribution in [-0.2, 0) is 12.8 Å². The van der Waals surface area contributed by atoms with Gasteiger partial charge in [-0.25, -0.2) is 0 Å². The standard InChI is InChI=1S/C24H26N4/c1(9-15-21-17-23(27-25-21)19-11-5-3-6-12-19)2-10-16-22-18-24(28-26-22)20-13-7-4-8-14-20/h3-8,11-14,17-18H,1-2,9-10,15-16H2,(H,25,27)(H,26,28). The zero-order valence-electron chi connectivity index (χ0n) is 16.1. The zero-order valence-corrected chi connectivity index (χ0v) is 16.1. The first-order valence-electron chi connectivity index (χ1n) is 10.1. The average molecular weight is 370 g/mol. The Bertz CT molecular complexity index is 888. The van der Waals surface area contributed by atoms with E-state index >= 15 is 0 Å². The van der Waals surface area contributed by atoms with Crippen LogP contribution in [0.5, 0.6) is 0 Å². The summed E-state index contributed by atoms with van der Waals surface area (Å²) in [6.07, 6.45) is 6.96. The van der Waals surface area contributed by atoms with E-state index < -0.39 is 0 Å². The van der Waals surface area contributed by atoms with Crippen molar-refractivity contribution in [2.75, 3.05) is 0 Å². The number of hydrogen-bond donors (Lipinski definition) is 2. The van der Waals surface area contributed by atoms with E-state index in [1.165, 1.54) is 48.2 Å². The molecule has 0 saturated carbocycles. The van der Waals surface area contributed by atoms with Crippen molar-refractivity contribution in [3.8, 4) is 22.5 Å². The van der Waals surface area contributed by atoms with Crippen LogP contribution in [0.4, 0.5) is 0 Å². The van der Waals surface area contributed by atoms with Gasteiger partial charge in [-0.3, -0.25) is 10.2 Å². The lowest BCUT2D eigenvalue weighted by Gasteiger charge is -2.00. The highest BCUT2D eigenvalue weighted by atomic mass is 15.1. The Morgan fingerprint density at radius 1 is 0.536 bits per heavy atom. The predicted molar refractivity (Wildman–Crippen MR) is 114 cm³/mol. The maximum Gasteiger partial charge on any atom is 0.0923 e. The van der Waals surface area contributed by atoms with Gasteiger partial charge in [0.1, 0.15) is 0 Å². The van der Waals surface area contributed by atoms with Crippen molar-refractivity contribution in [2.45, 2.75) is 38.5 Å². The molecule has 142 valence electrons. The van der Waals surface area contributed by atoms with Gasteiger partial charge in [0, 0.05) is 22.5 Å². The first-order valence-corrected chi connectivity index (χ1v) is 10.1. The van der Waals surface area contributed by atoms with Crippen LogP contribution in [0.15, 0.2) is 72.8 Å². The van der Waals surface area contributed by atoms with Crippen molar-refractivity contribution in [3.63, 3.8) is 0 Å². The molecule has 28 heavy (non-hydrogen) atoms. The lowest BCUT2D eigenvalue weighted by atomic mass is 10.1. The highest BCUT2D eigenvalue weighted by Crippen LogP contribution is 2.19. The van der Waals surface area contributed by atoms with Crippen molar-refractivity contribution in [2.24, 2.45) is 0 Å². The summed E-state index contributed by atoms with van der Waals surface area (Å²) >= 11 is 0. The molecule has 2 aromatic heterocycles. The van der Waals surface area contributed by atoms with E-state index in [1.807, 2.05) is 36.4 Å². The fourth-order valence-electron chi connectivity index (χ4n) is 3.48. The van der Waals surface area contributed by atoms with Crippen LogP contribution in [0.2, 0.25) is 0 Å². The first kappa shape index (κ1) is 18.2. The first-order chi connectivity index (χ1) is 13.9. The van der Waals surface area contributed by atoms with Crippen LogP contribution in [0.3, 0.4) is 0 Å². The Morgan fingerprint density at radius 3 is 1.39 bits per heavy atom. The van der Waals surface area contributed by atoms with Crippen LogP contribution in [0.25, 0.3) is 22.5 Å². The maximum atomic E-state index is 4.43. The number of hydrogen-bond acceptors (Lipinski definition) is 2. The monoisotopic (exact) mass is 370 g/mol. The molecule has 4 nitrogen and oxygen atoms in total. The van der Waals surface area contributed by atoms with Gasteiger partial charge in [-0.1, -0.05) is 73.5 Å². The molecule has 0 unspecified atom stereocenters. The summed E-state index contributed by atoms with van der Waals surface area (Å²) in [6.45, 7) is 0. The molecule has 4 heteroatoms. The van der Waals surface area contributed by atoms with Crippen molar-refractivity contribution < 1.29 is 0 Å². The largest absolute Gasteiger partial charge is 0.282 e. The minimum Gasteiger partial charge on any atom is -0.282 e. The molecular weight excluding hydrogens is 344 g/mol. The summed E-state index contributed by atoms with van der Waals surface area (Å²) in [5, 5.41) is 15.2. The van der Waals surface area contributed by atoms with Crippen LogP contribution in [0, 0.1) is 0 Å². The van der Waals surface area contributed by atoms with Gasteiger partial charge in [-0.15, -0.1) is 0 Å². The van der Waals surface area contributed by atoms with Gasteiger partial charge in [0.25, 0.3) is 0 Å². The second-order valence-electron chi connectivity index (χ2n) is 7.20. The molecule has 4 rings (SSSR count). The second-order valence-corrected chi connectivity index (χ2v) is 7.20. The predicted octanol–water partition coefficient (Wildman–Crippen LogP) is 5.81. The Balaban J connectivity index is 1.16. The van der Waals surface area contributed by atoms with Gasteiger partial charge < -0.3 is 0 Å². The van der Waals surface area contributed by atoms with E-state index in [0.717, 1.165) is 24.2 Å². The number of nitrogens with zero attached hydrogens (tertiary/aromatic N) is 2. The third-order valence-electron chi connectivity index (χ3n) is 5.04. The molecular formula is C24H26N4. The molecule has 0 aliphatic rings. The molecule has 0 bridgehead atoms. The van der Waals surface area contributed by atoms with E-state index in [4.69, 9.17) is 0 Å². The number of H-pyrrole nitrogens is 2. The van der Waals surface area contributed by atoms with Gasteiger partial charge in [0.05, 0.1) is 11.4 Å². The summed E-state index contributed by atoms with van der Waals surface area (Å²) < 4.78 is 0. The maximum absolute atomic E-state index is 4.43. The molecule has 0 radical (unpaired) electrons. The topological polar surface area (TPSA) is 57.4 Å². The van der Waals surface area contributed by atoms with Crippen molar-refractivity contribution in [3.05, 3.63) is 84.2 Å². The molecule has 4 aromatic rings. The van der Waals surface area contributed by atoms with Gasteiger partial charge >= 0.3 is 0 Å². The highest BCUT2D eigenvalue weighted by molar-refractivity contribution is 5.59. The Kier molecular flexibility index (Phi) is 5.98. The van der Waals surface area contributed by atoms with E-state index in [2.05, 4.69) is 56.8 Å². The molecule has 2 N–H and O–H groups in total. The van der Waals surface area contributed by atoms with Gasteiger partial charge in [0.15, 0.2) is 0 Å². The molecule has 0 atom stereocenters. The number of unbranched alkanes of at least 4 members (excludes halogenated alkanes) is 3. The molecule has 0 aliphatic carbocycles. The minimum atomic E-state index is 1.03. The normalized spacial score (nSPS) is 11.0. The zero-order chi connectivity index (χ0) is 19.0. The summed E-state index contributed by atoms with van der Waals surface area (Å²) in [6, 6.07) is 25.0. The summed E-state index contributed by atoms with van der Waals surface area (Å²) in [5.41, 5.74) is 6.84. The molecule has 2 heterocycles. The third-order valence-corrected chi connectivity index (χ3v) is 5.04. The average Bonchev–Trinajstić information content (AvgIpc) is 3.42. The van der Waals surface area contributed by atoms with Crippen LogP contribution in [-0.4, -0.2) is 20.4 Å². The fourth-order valence-corrected chi connectivity index (χ4v) is 3.48. The lowest BCUT2D eigenvalue weighted by Crippen LogP contribution is -1.89. The van der Waals surface area contributed by atoms with Gasteiger partial charge in [-0.05, 0) is 37.8 Å². The van der Waals surface area contributed by atoms with Gasteiger partial charge in [0.2, 0.25) is 0 Å². The van der Waals surface area contributed by atoms with Crippen molar-refractivity contribution >= 4 is 0 Å². The molecule has 0 aliphatic heterocycles. The third kappa shape index (κ3) is 4.77. The number of aryl methyl sites for hydroxylation is 2. The quantitative estimate of drug-likeness (QED) is 0.365. The SMILES string of the molecule is c1ccc(-c2cc(CCCCCCc3cc(-c4ccccc4)n[nH]3)[nH]n2)cc1. The van der Waals surface area contributed by atoms with E-state index in [9.17, 15) is 0 Å². The number of benzene rings is 2. The van der Waals surface area contributed by atoms with Gasteiger partial charge in [-0.2, -0.15) is 10.2 Å². The molecule has 0 saturated heterocycles. The Hall–Kier alpha value is -3.14. The summed E-state index contributed by atoms with van der Waals surface area (Å²) in [4.78, 5) is 0. The van der Waals surface area contributed by atoms with E-state index in [1.54, 1.807) is 0 Å². The van der Waals surface area contributed by atoms with Crippen molar-refractivity contribution in [1.82, 2.24) is 20.4 Å². The van der Waals surface area contributed by atoms with E-state index in [-0.39, 0.29) is 0 Å². The van der Waals surface area contributed by atoms with Crippen LogP contribution < -0.4 is 0 Å². The lowest BCUT2D eigenvalue weighted by molar-refractivity contribution is 0.630. The Morgan fingerprint density at radius 2 is 0.964 bits per heavy atom. The molecule has 0 fully saturated rings. The smallest absolute Gasteiger partial charge is 0.0923 e. The molecule has 0 spiro atoms. The summed E-state index contributed by atoms with van der Waals surface area (Å²) in [5.74, 6) is 0. The molecule has 2 aromatic carbocycles. The summed E-state index contributed by atoms with van der Waals surface area (Å²) in [7, 11) is 0. The number of aromatic nitrogens is 4. The minimum absolute atomic E-state index is 1.03. The highest BCUT2D eigenvalue weighted by Gasteiger charge is 2.05. The van der Waals surface area contributed by atoms with E-state index in [0.29, 0.717) is 0 Å².